The summed E-state index contributed by atoms with van der Waals surface area (Å²) < 4.78 is 26.7. The van der Waals surface area contributed by atoms with Gasteiger partial charge in [0.05, 0.1) is 0 Å². The number of rotatable bonds is 2. The minimum Gasteiger partial charge on any atom is -0.378 e. The molecule has 0 atom stereocenters. The Morgan fingerprint density at radius 3 is 2.08 bits per heavy atom. The Hall–Kier alpha value is -0.640. The van der Waals surface area contributed by atoms with E-state index in [9.17, 15) is 8.78 Å². The minimum absolute atomic E-state index is 0.00479. The van der Waals surface area contributed by atoms with Crippen LogP contribution in [0.3, 0.4) is 0 Å². The van der Waals surface area contributed by atoms with Gasteiger partial charge in [-0.1, -0.05) is 15.9 Å². The molecular weight excluding hydrogens is 240 g/mol. The van der Waals surface area contributed by atoms with Crippen LogP contribution in [0.15, 0.2) is 16.6 Å². The first kappa shape index (κ1) is 10.4. The van der Waals surface area contributed by atoms with Gasteiger partial charge in [-0.3, -0.25) is 0 Å². The highest BCUT2D eigenvalue weighted by molar-refractivity contribution is 9.10. The zero-order chi connectivity index (χ0) is 10.0. The first-order chi connectivity index (χ1) is 6.00. The molecular formula is C9H10BrF2N. The predicted octanol–water partition coefficient (Wildman–Crippen LogP) is 3.55. The van der Waals surface area contributed by atoms with E-state index in [1.54, 1.807) is 0 Å². The van der Waals surface area contributed by atoms with Crippen LogP contribution in [0.1, 0.15) is 13.8 Å². The smallest absolute Gasteiger partial charge is 0.150 e. The van der Waals surface area contributed by atoms with Gasteiger partial charge >= 0.3 is 0 Å². The fourth-order valence-electron chi connectivity index (χ4n) is 0.969. The number of benzene rings is 1. The quantitative estimate of drug-likeness (QED) is 0.846. The Bertz CT molecular complexity index is 289. The summed E-state index contributed by atoms with van der Waals surface area (Å²) in [7, 11) is 0. The largest absolute Gasteiger partial charge is 0.378 e. The van der Waals surface area contributed by atoms with Crippen LogP contribution in [0.25, 0.3) is 0 Å². The summed E-state index contributed by atoms with van der Waals surface area (Å²) in [6.07, 6.45) is 0. The van der Waals surface area contributed by atoms with E-state index in [0.29, 0.717) is 4.47 Å². The molecule has 0 aliphatic heterocycles. The molecule has 1 nitrogen and oxygen atoms in total. The lowest BCUT2D eigenvalue weighted by atomic mass is 10.2. The molecule has 4 heteroatoms. The molecule has 72 valence electrons. The SMILES string of the molecule is CC(C)Nc1c(F)cc(Br)cc1F. The van der Waals surface area contributed by atoms with Gasteiger partial charge in [0.15, 0.2) is 0 Å². The monoisotopic (exact) mass is 249 g/mol. The fourth-order valence-corrected chi connectivity index (χ4v) is 1.37. The van der Waals surface area contributed by atoms with E-state index in [2.05, 4.69) is 21.2 Å². The van der Waals surface area contributed by atoms with Gasteiger partial charge in [0.1, 0.15) is 17.3 Å². The summed E-state index contributed by atoms with van der Waals surface area (Å²) in [5.41, 5.74) is -0.0711. The molecule has 0 aliphatic rings. The Labute approximate surface area is 84.3 Å². The average molecular weight is 250 g/mol. The molecule has 0 bridgehead atoms. The maximum Gasteiger partial charge on any atom is 0.150 e. The molecule has 0 saturated heterocycles. The second-order valence-corrected chi connectivity index (χ2v) is 3.96. The Morgan fingerprint density at radius 2 is 1.69 bits per heavy atom. The van der Waals surface area contributed by atoms with Crippen molar-refractivity contribution >= 4 is 21.6 Å². The summed E-state index contributed by atoms with van der Waals surface area (Å²) in [6.45, 7) is 3.64. The number of nitrogens with one attached hydrogen (secondary N) is 1. The molecule has 0 unspecified atom stereocenters. The van der Waals surface area contributed by atoms with Crippen molar-refractivity contribution in [2.45, 2.75) is 19.9 Å². The lowest BCUT2D eigenvalue weighted by Gasteiger charge is -2.11. The van der Waals surface area contributed by atoms with E-state index < -0.39 is 11.6 Å². The van der Waals surface area contributed by atoms with Crippen molar-refractivity contribution in [1.82, 2.24) is 0 Å². The van der Waals surface area contributed by atoms with Gasteiger partial charge in [-0.25, -0.2) is 8.78 Å². The van der Waals surface area contributed by atoms with Gasteiger partial charge in [0, 0.05) is 10.5 Å². The maximum absolute atomic E-state index is 13.1. The molecule has 1 aromatic rings. The summed E-state index contributed by atoms with van der Waals surface area (Å²) in [4.78, 5) is 0. The van der Waals surface area contributed by atoms with E-state index in [0.717, 1.165) is 0 Å². The van der Waals surface area contributed by atoms with Crippen LogP contribution in [-0.2, 0) is 0 Å². The van der Waals surface area contributed by atoms with Crippen LogP contribution >= 0.6 is 15.9 Å². The second kappa shape index (κ2) is 4.05. The third kappa shape index (κ3) is 2.66. The van der Waals surface area contributed by atoms with Crippen molar-refractivity contribution in [1.29, 1.82) is 0 Å². The van der Waals surface area contributed by atoms with Gasteiger partial charge in [0.25, 0.3) is 0 Å². The van der Waals surface area contributed by atoms with Gasteiger partial charge in [-0.05, 0) is 26.0 Å². The van der Waals surface area contributed by atoms with Gasteiger partial charge in [0.2, 0.25) is 0 Å². The van der Waals surface area contributed by atoms with Gasteiger partial charge in [-0.2, -0.15) is 0 Å². The van der Waals surface area contributed by atoms with Crippen LogP contribution in [0.5, 0.6) is 0 Å². The lowest BCUT2D eigenvalue weighted by molar-refractivity contribution is 0.583. The Morgan fingerprint density at radius 1 is 1.23 bits per heavy atom. The Kier molecular flexibility index (Phi) is 3.25. The highest BCUT2D eigenvalue weighted by Gasteiger charge is 2.10. The molecule has 0 amide bonds. The van der Waals surface area contributed by atoms with Crippen molar-refractivity contribution in [2.24, 2.45) is 0 Å². The topological polar surface area (TPSA) is 12.0 Å². The third-order valence-electron chi connectivity index (χ3n) is 1.44. The molecule has 1 N–H and O–H groups in total. The maximum atomic E-state index is 13.1. The van der Waals surface area contributed by atoms with Crippen molar-refractivity contribution in [3.63, 3.8) is 0 Å². The molecule has 0 saturated carbocycles. The van der Waals surface area contributed by atoms with Crippen molar-refractivity contribution < 1.29 is 8.78 Å². The van der Waals surface area contributed by atoms with Crippen molar-refractivity contribution in [3.8, 4) is 0 Å². The highest BCUT2D eigenvalue weighted by atomic mass is 79.9. The molecule has 13 heavy (non-hydrogen) atoms. The standard InChI is InChI=1S/C9H10BrF2N/c1-5(2)13-9-7(11)3-6(10)4-8(9)12/h3-5,13H,1-2H3. The van der Waals surface area contributed by atoms with Gasteiger partial charge < -0.3 is 5.32 Å². The zero-order valence-corrected chi connectivity index (χ0v) is 8.95. The molecule has 1 rings (SSSR count). The number of halogens is 3. The average Bonchev–Trinajstić information content (AvgIpc) is 1.96. The van der Waals surface area contributed by atoms with Crippen molar-refractivity contribution in [2.75, 3.05) is 5.32 Å². The van der Waals surface area contributed by atoms with Crippen LogP contribution in [-0.4, -0.2) is 6.04 Å². The van der Waals surface area contributed by atoms with E-state index in [-0.39, 0.29) is 11.7 Å². The lowest BCUT2D eigenvalue weighted by Crippen LogP contribution is -2.12. The van der Waals surface area contributed by atoms with Crippen LogP contribution in [0.4, 0.5) is 14.5 Å². The molecule has 0 spiro atoms. The molecule has 0 aromatic heterocycles. The molecule has 0 fully saturated rings. The molecule has 0 heterocycles. The normalized spacial score (nSPS) is 10.6. The molecule has 0 aliphatic carbocycles. The fraction of sp³-hybridized carbons (Fsp3) is 0.333. The number of anilines is 1. The highest BCUT2D eigenvalue weighted by Crippen LogP contribution is 2.24. The van der Waals surface area contributed by atoms with Gasteiger partial charge in [-0.15, -0.1) is 0 Å². The second-order valence-electron chi connectivity index (χ2n) is 3.04. The number of hydrogen-bond donors (Lipinski definition) is 1. The van der Waals surface area contributed by atoms with E-state index in [1.807, 2.05) is 13.8 Å². The van der Waals surface area contributed by atoms with Crippen molar-refractivity contribution in [3.05, 3.63) is 28.2 Å². The van der Waals surface area contributed by atoms with Crippen LogP contribution in [0.2, 0.25) is 0 Å². The minimum atomic E-state index is -0.583. The molecule has 0 radical (unpaired) electrons. The van der Waals surface area contributed by atoms with Crippen LogP contribution < -0.4 is 5.32 Å². The zero-order valence-electron chi connectivity index (χ0n) is 7.37. The summed E-state index contributed by atoms with van der Waals surface area (Å²) in [6, 6.07) is 2.46. The Balaban J connectivity index is 3.06. The summed E-state index contributed by atoms with van der Waals surface area (Å²) in [5.74, 6) is -1.17. The number of hydrogen-bond acceptors (Lipinski definition) is 1. The predicted molar refractivity (Wildman–Crippen MR) is 52.8 cm³/mol. The summed E-state index contributed by atoms with van der Waals surface area (Å²) in [5, 5.41) is 2.70. The first-order valence-corrected chi connectivity index (χ1v) is 4.71. The van der Waals surface area contributed by atoms with E-state index >= 15 is 0 Å². The first-order valence-electron chi connectivity index (χ1n) is 3.92. The molecule has 1 aromatic carbocycles. The van der Waals surface area contributed by atoms with E-state index in [1.165, 1.54) is 12.1 Å². The van der Waals surface area contributed by atoms with Crippen LogP contribution in [0, 0.1) is 11.6 Å². The summed E-state index contributed by atoms with van der Waals surface area (Å²) >= 11 is 3.01. The van der Waals surface area contributed by atoms with E-state index in [4.69, 9.17) is 0 Å². The third-order valence-corrected chi connectivity index (χ3v) is 1.90.